The number of aromatic nitrogens is 3. The summed E-state index contributed by atoms with van der Waals surface area (Å²) in [5, 5.41) is 10.5. The van der Waals surface area contributed by atoms with Crippen LogP contribution in [0.25, 0.3) is 11.3 Å². The summed E-state index contributed by atoms with van der Waals surface area (Å²) in [4.78, 5) is 19.2. The van der Waals surface area contributed by atoms with E-state index in [1.54, 1.807) is 18.3 Å². The van der Waals surface area contributed by atoms with Crippen LogP contribution in [-0.2, 0) is 6.54 Å². The van der Waals surface area contributed by atoms with Gasteiger partial charge in [0.15, 0.2) is 0 Å². The lowest BCUT2D eigenvalue weighted by Crippen LogP contribution is -2.24. The van der Waals surface area contributed by atoms with Crippen LogP contribution in [0.4, 0.5) is 5.82 Å². The minimum Gasteiger partial charge on any atom is -0.357 e. The van der Waals surface area contributed by atoms with Crippen molar-refractivity contribution in [2.75, 3.05) is 18.0 Å². The van der Waals surface area contributed by atoms with Crippen LogP contribution in [0.3, 0.4) is 0 Å². The molecule has 0 saturated heterocycles. The summed E-state index contributed by atoms with van der Waals surface area (Å²) in [6, 6.07) is 11.2. The van der Waals surface area contributed by atoms with Crippen LogP contribution in [0.2, 0.25) is 5.02 Å². The number of hydrogen-bond acceptors (Lipinski definition) is 4. The summed E-state index contributed by atoms with van der Waals surface area (Å²) in [5.41, 5.74) is 2.95. The van der Waals surface area contributed by atoms with Gasteiger partial charge in [-0.05, 0) is 37.6 Å². The maximum Gasteiger partial charge on any atom is 0.255 e. The molecule has 3 aromatic rings. The zero-order valence-corrected chi connectivity index (χ0v) is 16.1. The van der Waals surface area contributed by atoms with E-state index < -0.39 is 0 Å². The smallest absolute Gasteiger partial charge is 0.255 e. The molecule has 0 aliphatic rings. The molecule has 2 aromatic heterocycles. The molecule has 0 fully saturated rings. The molecular weight excluding hydrogens is 362 g/mol. The first-order valence-electron chi connectivity index (χ1n) is 8.89. The number of carbonyl (C=O) groups excluding carboxylic acids is 1. The fourth-order valence-corrected chi connectivity index (χ4v) is 2.95. The predicted molar refractivity (Wildman–Crippen MR) is 108 cm³/mol. The largest absolute Gasteiger partial charge is 0.357 e. The van der Waals surface area contributed by atoms with Crippen LogP contribution in [-0.4, -0.2) is 34.2 Å². The van der Waals surface area contributed by atoms with Crippen LogP contribution < -0.4 is 10.2 Å². The van der Waals surface area contributed by atoms with Gasteiger partial charge in [-0.3, -0.25) is 9.89 Å². The van der Waals surface area contributed by atoms with Crippen molar-refractivity contribution < 1.29 is 4.79 Å². The Kier molecular flexibility index (Phi) is 6.08. The van der Waals surface area contributed by atoms with E-state index in [9.17, 15) is 4.79 Å². The number of H-pyrrole nitrogens is 1. The SMILES string of the molecule is CCN(CC)c1ccc(CNC(=O)c2cn[nH]c2-c2ccc(Cl)cc2)cn1. The number of rotatable bonds is 7. The Morgan fingerprint density at radius 2 is 1.85 bits per heavy atom. The first-order chi connectivity index (χ1) is 13.1. The number of hydrogen-bond donors (Lipinski definition) is 2. The second kappa shape index (κ2) is 8.68. The third-order valence-electron chi connectivity index (χ3n) is 4.37. The minimum absolute atomic E-state index is 0.193. The molecule has 0 unspecified atom stereocenters. The van der Waals surface area contributed by atoms with E-state index in [0.29, 0.717) is 22.8 Å². The molecule has 140 valence electrons. The molecule has 0 saturated carbocycles. The first-order valence-corrected chi connectivity index (χ1v) is 9.27. The van der Waals surface area contributed by atoms with E-state index in [0.717, 1.165) is 30.0 Å². The molecule has 0 aliphatic heterocycles. The molecule has 27 heavy (non-hydrogen) atoms. The van der Waals surface area contributed by atoms with E-state index in [1.165, 1.54) is 6.20 Å². The van der Waals surface area contributed by atoms with Gasteiger partial charge >= 0.3 is 0 Å². The van der Waals surface area contributed by atoms with E-state index >= 15 is 0 Å². The van der Waals surface area contributed by atoms with E-state index in [1.807, 2.05) is 24.3 Å². The number of benzene rings is 1. The molecule has 2 heterocycles. The molecule has 0 radical (unpaired) electrons. The lowest BCUT2D eigenvalue weighted by atomic mass is 10.1. The summed E-state index contributed by atoms with van der Waals surface area (Å²) in [6.07, 6.45) is 3.32. The Bertz CT molecular complexity index is 885. The van der Waals surface area contributed by atoms with Gasteiger partial charge in [-0.1, -0.05) is 29.8 Å². The number of nitrogens with one attached hydrogen (secondary N) is 2. The Morgan fingerprint density at radius 3 is 2.48 bits per heavy atom. The topological polar surface area (TPSA) is 73.9 Å². The van der Waals surface area contributed by atoms with Crippen molar-refractivity contribution in [1.82, 2.24) is 20.5 Å². The first kappa shape index (κ1) is 18.9. The Labute approximate surface area is 163 Å². The number of anilines is 1. The minimum atomic E-state index is -0.193. The standard InChI is InChI=1S/C20H22ClN5O/c1-3-26(4-2)18-10-5-14(11-22-18)12-23-20(27)17-13-24-25-19(17)15-6-8-16(21)9-7-15/h5-11,13H,3-4,12H2,1-2H3,(H,23,27)(H,24,25). The molecule has 6 nitrogen and oxygen atoms in total. The Hall–Kier alpha value is -2.86. The fraction of sp³-hybridized carbons (Fsp3) is 0.250. The highest BCUT2D eigenvalue weighted by atomic mass is 35.5. The highest BCUT2D eigenvalue weighted by Crippen LogP contribution is 2.23. The van der Waals surface area contributed by atoms with Crippen LogP contribution in [0.5, 0.6) is 0 Å². The van der Waals surface area contributed by atoms with Gasteiger partial charge in [0.1, 0.15) is 5.82 Å². The quantitative estimate of drug-likeness (QED) is 0.648. The molecule has 1 aromatic carbocycles. The van der Waals surface area contributed by atoms with Crippen molar-refractivity contribution in [2.24, 2.45) is 0 Å². The van der Waals surface area contributed by atoms with Gasteiger partial charge in [-0.25, -0.2) is 4.98 Å². The fourth-order valence-electron chi connectivity index (χ4n) is 2.83. The molecule has 0 spiro atoms. The molecule has 1 amide bonds. The summed E-state index contributed by atoms with van der Waals surface area (Å²) in [5.74, 6) is 0.747. The van der Waals surface area contributed by atoms with Crippen molar-refractivity contribution in [2.45, 2.75) is 20.4 Å². The van der Waals surface area contributed by atoms with Gasteiger partial charge in [-0.15, -0.1) is 0 Å². The average Bonchev–Trinajstić information content (AvgIpc) is 3.18. The second-order valence-corrected chi connectivity index (χ2v) is 6.48. The van der Waals surface area contributed by atoms with E-state index in [4.69, 9.17) is 11.6 Å². The summed E-state index contributed by atoms with van der Waals surface area (Å²) in [7, 11) is 0. The summed E-state index contributed by atoms with van der Waals surface area (Å²) in [6.45, 7) is 6.42. The van der Waals surface area contributed by atoms with Gasteiger partial charge in [-0.2, -0.15) is 5.10 Å². The van der Waals surface area contributed by atoms with Crippen LogP contribution in [0, 0.1) is 0 Å². The third kappa shape index (κ3) is 4.46. The maximum atomic E-state index is 12.6. The number of amides is 1. The van der Waals surface area contributed by atoms with Gasteiger partial charge in [0.2, 0.25) is 0 Å². The van der Waals surface area contributed by atoms with Crippen LogP contribution in [0.15, 0.2) is 48.8 Å². The summed E-state index contributed by atoms with van der Waals surface area (Å²) < 4.78 is 0. The molecule has 0 bridgehead atoms. The Morgan fingerprint density at radius 1 is 1.11 bits per heavy atom. The molecule has 3 rings (SSSR count). The number of carbonyl (C=O) groups is 1. The molecule has 0 atom stereocenters. The summed E-state index contributed by atoms with van der Waals surface area (Å²) >= 11 is 5.93. The predicted octanol–water partition coefficient (Wildman–Crippen LogP) is 3.90. The van der Waals surface area contributed by atoms with E-state index in [-0.39, 0.29) is 5.91 Å². The molecule has 0 aliphatic carbocycles. The highest BCUT2D eigenvalue weighted by molar-refractivity contribution is 6.30. The molecule has 2 N–H and O–H groups in total. The monoisotopic (exact) mass is 383 g/mol. The van der Waals surface area contributed by atoms with Crippen molar-refractivity contribution in [3.05, 3.63) is 64.9 Å². The Balaban J connectivity index is 1.67. The number of halogens is 1. The second-order valence-electron chi connectivity index (χ2n) is 6.05. The van der Waals surface area contributed by atoms with Gasteiger partial charge in [0.05, 0.1) is 17.5 Å². The molecular formula is C20H22ClN5O. The van der Waals surface area contributed by atoms with Gasteiger partial charge < -0.3 is 10.2 Å². The lowest BCUT2D eigenvalue weighted by molar-refractivity contribution is 0.0951. The van der Waals surface area contributed by atoms with Crippen molar-refractivity contribution in [3.63, 3.8) is 0 Å². The number of pyridine rings is 1. The highest BCUT2D eigenvalue weighted by Gasteiger charge is 2.15. The van der Waals surface area contributed by atoms with Crippen molar-refractivity contribution in [3.8, 4) is 11.3 Å². The van der Waals surface area contributed by atoms with E-state index in [2.05, 4.69) is 39.2 Å². The zero-order chi connectivity index (χ0) is 19.2. The van der Waals surface area contributed by atoms with Crippen LogP contribution in [0.1, 0.15) is 29.8 Å². The van der Waals surface area contributed by atoms with Gasteiger partial charge in [0.25, 0.3) is 5.91 Å². The number of aromatic amines is 1. The van der Waals surface area contributed by atoms with Gasteiger partial charge in [0, 0.05) is 36.4 Å². The van der Waals surface area contributed by atoms with Crippen molar-refractivity contribution >= 4 is 23.3 Å². The normalized spacial score (nSPS) is 10.6. The number of nitrogens with zero attached hydrogens (tertiary/aromatic N) is 3. The van der Waals surface area contributed by atoms with Crippen molar-refractivity contribution in [1.29, 1.82) is 0 Å². The molecule has 7 heteroatoms. The lowest BCUT2D eigenvalue weighted by Gasteiger charge is -2.19. The maximum absolute atomic E-state index is 12.6. The van der Waals surface area contributed by atoms with Crippen LogP contribution >= 0.6 is 11.6 Å². The average molecular weight is 384 g/mol. The zero-order valence-electron chi connectivity index (χ0n) is 15.4. The third-order valence-corrected chi connectivity index (χ3v) is 4.62.